The first-order chi connectivity index (χ1) is 7.16. The van der Waals surface area contributed by atoms with Gasteiger partial charge in [-0.05, 0) is 24.6 Å². The van der Waals surface area contributed by atoms with E-state index in [2.05, 4.69) is 4.98 Å². The molecule has 0 saturated carbocycles. The van der Waals surface area contributed by atoms with E-state index < -0.39 is 5.97 Å². The molecule has 0 atom stereocenters. The van der Waals surface area contributed by atoms with Crippen molar-refractivity contribution >= 4 is 16.9 Å². The van der Waals surface area contributed by atoms with Gasteiger partial charge in [0.25, 0.3) is 0 Å². The van der Waals surface area contributed by atoms with Crippen molar-refractivity contribution in [2.75, 3.05) is 6.61 Å². The number of fused-ring (bicyclic) bond motifs is 1. The van der Waals surface area contributed by atoms with Crippen LogP contribution in [-0.2, 0) is 4.79 Å². The van der Waals surface area contributed by atoms with E-state index in [0.29, 0.717) is 5.75 Å². The fourth-order valence-electron chi connectivity index (χ4n) is 1.49. The van der Waals surface area contributed by atoms with Crippen LogP contribution in [0.1, 0.15) is 5.56 Å². The average Bonchev–Trinajstić information content (AvgIpc) is 2.57. The number of ether oxygens (including phenoxy) is 1. The normalized spacial score (nSPS) is 10.5. The molecule has 1 heterocycles. The highest BCUT2D eigenvalue weighted by molar-refractivity contribution is 5.84. The van der Waals surface area contributed by atoms with Gasteiger partial charge in [0.05, 0.1) is 0 Å². The van der Waals surface area contributed by atoms with Gasteiger partial charge in [-0.15, -0.1) is 0 Å². The molecule has 0 saturated heterocycles. The minimum atomic E-state index is -0.974. The van der Waals surface area contributed by atoms with E-state index in [1.807, 2.05) is 19.2 Å². The second kappa shape index (κ2) is 3.65. The van der Waals surface area contributed by atoms with Crippen LogP contribution in [0.25, 0.3) is 10.9 Å². The molecule has 0 spiro atoms. The quantitative estimate of drug-likeness (QED) is 0.804. The van der Waals surface area contributed by atoms with Crippen molar-refractivity contribution in [2.45, 2.75) is 6.92 Å². The van der Waals surface area contributed by atoms with Gasteiger partial charge in [-0.3, -0.25) is 0 Å². The maximum atomic E-state index is 10.3. The van der Waals surface area contributed by atoms with Gasteiger partial charge >= 0.3 is 5.97 Å². The van der Waals surface area contributed by atoms with Crippen molar-refractivity contribution < 1.29 is 14.6 Å². The Hall–Kier alpha value is -1.97. The molecule has 0 bridgehead atoms. The molecule has 0 amide bonds. The van der Waals surface area contributed by atoms with Crippen LogP contribution in [0.2, 0.25) is 0 Å². The third-order valence-corrected chi connectivity index (χ3v) is 2.22. The minimum absolute atomic E-state index is 0.314. The van der Waals surface area contributed by atoms with Crippen LogP contribution in [0.15, 0.2) is 24.4 Å². The molecule has 4 heteroatoms. The number of H-pyrrole nitrogens is 1. The molecule has 2 rings (SSSR count). The first-order valence-electron chi connectivity index (χ1n) is 4.59. The van der Waals surface area contributed by atoms with Gasteiger partial charge in [-0.1, -0.05) is 0 Å². The average molecular weight is 205 g/mol. The SMILES string of the molecule is Cc1c[nH]c2cc(OCC(=O)O)ccc12. The third-order valence-electron chi connectivity index (χ3n) is 2.22. The highest BCUT2D eigenvalue weighted by Crippen LogP contribution is 2.22. The van der Waals surface area contributed by atoms with Gasteiger partial charge in [-0.2, -0.15) is 0 Å². The van der Waals surface area contributed by atoms with Gasteiger partial charge in [0.2, 0.25) is 0 Å². The second-order valence-corrected chi connectivity index (χ2v) is 3.36. The summed E-state index contributed by atoms with van der Waals surface area (Å²) in [6, 6.07) is 5.48. The molecule has 0 aliphatic heterocycles. The highest BCUT2D eigenvalue weighted by Gasteiger charge is 2.03. The van der Waals surface area contributed by atoms with E-state index in [9.17, 15) is 4.79 Å². The topological polar surface area (TPSA) is 62.3 Å². The molecular formula is C11H11NO3. The van der Waals surface area contributed by atoms with E-state index >= 15 is 0 Å². The number of carboxylic acid groups (broad SMARTS) is 1. The molecule has 78 valence electrons. The van der Waals surface area contributed by atoms with E-state index in [-0.39, 0.29) is 6.61 Å². The molecule has 0 aliphatic rings. The Labute approximate surface area is 86.5 Å². The number of aromatic nitrogens is 1. The molecule has 0 radical (unpaired) electrons. The number of hydrogen-bond acceptors (Lipinski definition) is 2. The number of carboxylic acids is 1. The number of benzene rings is 1. The summed E-state index contributed by atoms with van der Waals surface area (Å²) in [5.74, 6) is -0.412. The number of hydrogen-bond donors (Lipinski definition) is 2. The number of carbonyl (C=O) groups is 1. The van der Waals surface area contributed by atoms with Crippen molar-refractivity contribution in [3.05, 3.63) is 30.0 Å². The lowest BCUT2D eigenvalue weighted by atomic mass is 10.2. The lowest BCUT2D eigenvalue weighted by Gasteiger charge is -2.02. The zero-order chi connectivity index (χ0) is 10.8. The summed E-state index contributed by atoms with van der Waals surface area (Å²) < 4.78 is 5.07. The van der Waals surface area contributed by atoms with Crippen LogP contribution in [0.4, 0.5) is 0 Å². The summed E-state index contributed by atoms with van der Waals surface area (Å²) in [7, 11) is 0. The fraction of sp³-hybridized carbons (Fsp3) is 0.182. The maximum absolute atomic E-state index is 10.3. The predicted molar refractivity (Wildman–Crippen MR) is 56.2 cm³/mol. The molecule has 0 fully saturated rings. The Balaban J connectivity index is 2.27. The Kier molecular flexibility index (Phi) is 2.33. The van der Waals surface area contributed by atoms with Crippen LogP contribution >= 0.6 is 0 Å². The molecule has 0 aliphatic carbocycles. The van der Waals surface area contributed by atoms with Gasteiger partial charge < -0.3 is 14.8 Å². The van der Waals surface area contributed by atoms with E-state index in [0.717, 1.165) is 16.5 Å². The first kappa shape index (κ1) is 9.58. The van der Waals surface area contributed by atoms with Crippen LogP contribution in [0.5, 0.6) is 5.75 Å². The van der Waals surface area contributed by atoms with Crippen LogP contribution in [0, 0.1) is 6.92 Å². The number of rotatable bonds is 3. The largest absolute Gasteiger partial charge is 0.482 e. The van der Waals surface area contributed by atoms with Crippen LogP contribution in [-0.4, -0.2) is 22.7 Å². The number of aliphatic carboxylic acids is 1. The standard InChI is InChI=1S/C11H11NO3/c1-7-5-12-10-4-8(2-3-9(7)10)15-6-11(13)14/h2-5,12H,6H2,1H3,(H,13,14). The minimum Gasteiger partial charge on any atom is -0.482 e. The van der Waals surface area contributed by atoms with Crippen molar-refractivity contribution in [1.82, 2.24) is 4.98 Å². The van der Waals surface area contributed by atoms with Crippen LogP contribution in [0.3, 0.4) is 0 Å². The highest BCUT2D eigenvalue weighted by atomic mass is 16.5. The number of aryl methyl sites for hydroxylation is 1. The zero-order valence-corrected chi connectivity index (χ0v) is 8.28. The van der Waals surface area contributed by atoms with Gasteiger partial charge in [0, 0.05) is 23.2 Å². The molecule has 2 N–H and O–H groups in total. The van der Waals surface area contributed by atoms with Crippen molar-refractivity contribution in [2.24, 2.45) is 0 Å². The number of aromatic amines is 1. The predicted octanol–water partition coefficient (Wildman–Crippen LogP) is 1.94. The molecule has 1 aromatic heterocycles. The Morgan fingerprint density at radius 3 is 3.07 bits per heavy atom. The molecule has 15 heavy (non-hydrogen) atoms. The fourth-order valence-corrected chi connectivity index (χ4v) is 1.49. The van der Waals surface area contributed by atoms with Crippen molar-refractivity contribution in [1.29, 1.82) is 0 Å². The summed E-state index contributed by atoms with van der Waals surface area (Å²) in [6.45, 7) is 1.70. The van der Waals surface area contributed by atoms with E-state index in [1.165, 1.54) is 0 Å². The first-order valence-corrected chi connectivity index (χ1v) is 4.59. The smallest absolute Gasteiger partial charge is 0.341 e. The van der Waals surface area contributed by atoms with Crippen molar-refractivity contribution in [3.63, 3.8) is 0 Å². The lowest BCUT2D eigenvalue weighted by Crippen LogP contribution is -2.09. The van der Waals surface area contributed by atoms with Crippen LogP contribution < -0.4 is 4.74 Å². The summed E-state index contributed by atoms with van der Waals surface area (Å²) >= 11 is 0. The van der Waals surface area contributed by atoms with E-state index in [4.69, 9.17) is 9.84 Å². The monoisotopic (exact) mass is 205 g/mol. The summed E-state index contributed by atoms with van der Waals surface area (Å²) in [4.78, 5) is 13.4. The Morgan fingerprint density at radius 2 is 2.33 bits per heavy atom. The van der Waals surface area contributed by atoms with Crippen molar-refractivity contribution in [3.8, 4) is 5.75 Å². The summed E-state index contributed by atoms with van der Waals surface area (Å²) in [5.41, 5.74) is 2.12. The molecule has 1 aromatic carbocycles. The molecule has 2 aromatic rings. The maximum Gasteiger partial charge on any atom is 0.341 e. The van der Waals surface area contributed by atoms with Gasteiger partial charge in [0.15, 0.2) is 6.61 Å². The lowest BCUT2D eigenvalue weighted by molar-refractivity contribution is -0.139. The Bertz CT molecular complexity index is 502. The Morgan fingerprint density at radius 1 is 1.53 bits per heavy atom. The zero-order valence-electron chi connectivity index (χ0n) is 8.28. The summed E-state index contributed by atoms with van der Waals surface area (Å²) in [6.07, 6.45) is 1.91. The number of nitrogens with one attached hydrogen (secondary N) is 1. The van der Waals surface area contributed by atoms with Gasteiger partial charge in [0.1, 0.15) is 5.75 Å². The van der Waals surface area contributed by atoms with Gasteiger partial charge in [-0.25, -0.2) is 4.79 Å². The summed E-state index contributed by atoms with van der Waals surface area (Å²) in [5, 5.41) is 9.58. The molecular weight excluding hydrogens is 194 g/mol. The second-order valence-electron chi connectivity index (χ2n) is 3.36. The molecule has 0 unspecified atom stereocenters. The molecule has 4 nitrogen and oxygen atoms in total. The van der Waals surface area contributed by atoms with E-state index in [1.54, 1.807) is 12.1 Å². The third kappa shape index (κ3) is 1.93.